The zero-order chi connectivity index (χ0) is 21.7. The van der Waals surface area contributed by atoms with E-state index >= 15 is 0 Å². The van der Waals surface area contributed by atoms with E-state index in [9.17, 15) is 18.0 Å². The maximum Gasteiger partial charge on any atom is 0.253 e. The molecular formula is C21H31N3O5S. The van der Waals surface area contributed by atoms with Gasteiger partial charge in [0.15, 0.2) is 0 Å². The lowest BCUT2D eigenvalue weighted by Gasteiger charge is -2.35. The van der Waals surface area contributed by atoms with Crippen molar-refractivity contribution >= 4 is 21.8 Å². The van der Waals surface area contributed by atoms with Gasteiger partial charge < -0.3 is 14.5 Å². The zero-order valence-corrected chi connectivity index (χ0v) is 18.6. The van der Waals surface area contributed by atoms with E-state index in [-0.39, 0.29) is 22.6 Å². The first-order valence-electron chi connectivity index (χ1n) is 10.6. The molecule has 0 radical (unpaired) electrons. The van der Waals surface area contributed by atoms with Crippen LogP contribution in [0, 0.1) is 5.92 Å². The van der Waals surface area contributed by atoms with Crippen LogP contribution in [-0.2, 0) is 19.6 Å². The molecule has 2 heterocycles. The van der Waals surface area contributed by atoms with E-state index in [1.807, 2.05) is 18.7 Å². The summed E-state index contributed by atoms with van der Waals surface area (Å²) in [4.78, 5) is 28.8. The number of carbonyl (C=O) groups is 2. The minimum atomic E-state index is -3.65. The number of piperidine rings is 1. The van der Waals surface area contributed by atoms with E-state index in [1.54, 1.807) is 17.0 Å². The lowest BCUT2D eigenvalue weighted by atomic mass is 9.96. The third-order valence-corrected chi connectivity index (χ3v) is 7.83. The van der Waals surface area contributed by atoms with Gasteiger partial charge in [-0.2, -0.15) is 4.31 Å². The van der Waals surface area contributed by atoms with Crippen molar-refractivity contribution in [1.82, 2.24) is 14.1 Å². The highest BCUT2D eigenvalue weighted by molar-refractivity contribution is 7.89. The quantitative estimate of drug-likeness (QED) is 0.672. The minimum absolute atomic E-state index is 0.105. The fourth-order valence-electron chi connectivity index (χ4n) is 4.00. The molecule has 0 aromatic heterocycles. The van der Waals surface area contributed by atoms with E-state index < -0.39 is 10.0 Å². The van der Waals surface area contributed by atoms with E-state index in [1.165, 1.54) is 16.4 Å². The highest BCUT2D eigenvalue weighted by atomic mass is 32.2. The van der Waals surface area contributed by atoms with Gasteiger partial charge in [-0.3, -0.25) is 9.59 Å². The monoisotopic (exact) mass is 437 g/mol. The Morgan fingerprint density at radius 1 is 1.00 bits per heavy atom. The molecule has 0 N–H and O–H groups in total. The van der Waals surface area contributed by atoms with Crippen LogP contribution in [0.15, 0.2) is 29.2 Å². The van der Waals surface area contributed by atoms with Crippen molar-refractivity contribution in [1.29, 1.82) is 0 Å². The van der Waals surface area contributed by atoms with Crippen molar-refractivity contribution in [2.75, 3.05) is 52.5 Å². The van der Waals surface area contributed by atoms with E-state index in [2.05, 4.69) is 0 Å². The molecule has 30 heavy (non-hydrogen) atoms. The second-order valence-electron chi connectivity index (χ2n) is 7.62. The van der Waals surface area contributed by atoms with Crippen LogP contribution in [0.1, 0.15) is 37.0 Å². The average Bonchev–Trinajstić information content (AvgIpc) is 2.80. The molecule has 0 unspecified atom stereocenters. The third kappa shape index (κ3) is 4.84. The molecular weight excluding hydrogens is 406 g/mol. The fourth-order valence-corrected chi connectivity index (χ4v) is 5.47. The van der Waals surface area contributed by atoms with Crippen molar-refractivity contribution in [2.24, 2.45) is 5.92 Å². The summed E-state index contributed by atoms with van der Waals surface area (Å²) in [5.74, 6) is -0.135. The summed E-state index contributed by atoms with van der Waals surface area (Å²) in [6, 6.07) is 6.14. The third-order valence-electron chi connectivity index (χ3n) is 5.92. The number of carbonyl (C=O) groups excluding carboxylic acids is 2. The molecule has 8 nitrogen and oxygen atoms in total. The predicted molar refractivity (Wildman–Crippen MR) is 113 cm³/mol. The number of morpholine rings is 1. The van der Waals surface area contributed by atoms with E-state index in [0.29, 0.717) is 70.9 Å². The standard InChI is InChI=1S/C21H31N3O5S/c1-3-22(4-2)20(25)17-5-7-19(8-6-17)30(27,28)24-11-9-18(10-12-24)21(26)23-13-15-29-16-14-23/h5-8,18H,3-4,9-16H2,1-2H3. The maximum atomic E-state index is 13.0. The molecule has 2 amide bonds. The van der Waals surface area contributed by atoms with Crippen molar-refractivity contribution < 1.29 is 22.7 Å². The van der Waals surface area contributed by atoms with E-state index in [0.717, 1.165) is 0 Å². The summed E-state index contributed by atoms with van der Waals surface area (Å²) >= 11 is 0. The number of ether oxygens (including phenoxy) is 1. The molecule has 0 spiro atoms. The molecule has 2 aliphatic heterocycles. The first kappa shape index (κ1) is 22.7. The molecule has 0 aliphatic carbocycles. The molecule has 9 heteroatoms. The number of benzene rings is 1. The van der Waals surface area contributed by atoms with Gasteiger partial charge in [0.1, 0.15) is 0 Å². The van der Waals surface area contributed by atoms with Crippen LogP contribution in [0.3, 0.4) is 0 Å². The molecule has 0 saturated carbocycles. The maximum absolute atomic E-state index is 13.0. The Balaban J connectivity index is 1.62. The number of sulfonamides is 1. The Morgan fingerprint density at radius 2 is 1.57 bits per heavy atom. The summed E-state index contributed by atoms with van der Waals surface area (Å²) < 4.78 is 32.8. The van der Waals surface area contributed by atoms with Crippen molar-refractivity contribution in [2.45, 2.75) is 31.6 Å². The van der Waals surface area contributed by atoms with Crippen LogP contribution in [0.2, 0.25) is 0 Å². The highest BCUT2D eigenvalue weighted by Crippen LogP contribution is 2.26. The van der Waals surface area contributed by atoms with Gasteiger partial charge >= 0.3 is 0 Å². The number of amides is 2. The fraction of sp³-hybridized carbons (Fsp3) is 0.619. The summed E-state index contributed by atoms with van der Waals surface area (Å²) in [5, 5.41) is 0. The number of nitrogens with zero attached hydrogens (tertiary/aromatic N) is 3. The Hall–Kier alpha value is -1.97. The normalized spacial score (nSPS) is 18.9. The van der Waals surface area contributed by atoms with Gasteiger partial charge in [0.05, 0.1) is 18.1 Å². The number of hydrogen-bond donors (Lipinski definition) is 0. The lowest BCUT2D eigenvalue weighted by Crippen LogP contribution is -2.47. The Morgan fingerprint density at radius 3 is 2.10 bits per heavy atom. The van der Waals surface area contributed by atoms with Crippen LogP contribution in [-0.4, -0.2) is 86.8 Å². The zero-order valence-electron chi connectivity index (χ0n) is 17.7. The predicted octanol–water partition coefficient (Wildman–Crippen LogP) is 1.43. The summed E-state index contributed by atoms with van der Waals surface area (Å²) in [6.45, 7) is 8.01. The first-order chi connectivity index (χ1) is 14.4. The second kappa shape index (κ2) is 9.89. The van der Waals surface area contributed by atoms with Crippen LogP contribution in [0.25, 0.3) is 0 Å². The minimum Gasteiger partial charge on any atom is -0.378 e. The molecule has 0 bridgehead atoms. The van der Waals surface area contributed by atoms with Crippen molar-refractivity contribution in [3.63, 3.8) is 0 Å². The molecule has 2 saturated heterocycles. The average molecular weight is 438 g/mol. The molecule has 0 atom stereocenters. The van der Waals surface area contributed by atoms with Gasteiger partial charge in [0.25, 0.3) is 5.91 Å². The Bertz CT molecular complexity index is 838. The summed E-state index contributed by atoms with van der Waals surface area (Å²) in [5.41, 5.74) is 0.479. The van der Waals surface area contributed by atoms with Crippen LogP contribution in [0.5, 0.6) is 0 Å². The summed E-state index contributed by atoms with van der Waals surface area (Å²) in [6.07, 6.45) is 1.04. The second-order valence-corrected chi connectivity index (χ2v) is 9.56. The molecule has 1 aromatic rings. The van der Waals surface area contributed by atoms with E-state index in [4.69, 9.17) is 4.74 Å². The van der Waals surface area contributed by atoms with Gasteiger partial charge in [-0.05, 0) is 51.0 Å². The molecule has 1 aromatic carbocycles. The van der Waals surface area contributed by atoms with Crippen molar-refractivity contribution in [3.05, 3.63) is 29.8 Å². The number of rotatable bonds is 6. The van der Waals surface area contributed by atoms with Gasteiger partial charge in [0.2, 0.25) is 15.9 Å². The lowest BCUT2D eigenvalue weighted by molar-refractivity contribution is -0.140. The SMILES string of the molecule is CCN(CC)C(=O)c1ccc(S(=O)(=O)N2CCC(C(=O)N3CCOCC3)CC2)cc1. The first-order valence-corrected chi connectivity index (χ1v) is 12.1. The highest BCUT2D eigenvalue weighted by Gasteiger charge is 2.34. The topological polar surface area (TPSA) is 87.2 Å². The van der Waals surface area contributed by atoms with Gasteiger partial charge in [-0.15, -0.1) is 0 Å². The summed E-state index contributed by atoms with van der Waals surface area (Å²) in [7, 11) is -3.65. The van der Waals surface area contributed by atoms with Gasteiger partial charge in [-0.1, -0.05) is 0 Å². The largest absolute Gasteiger partial charge is 0.378 e. The number of hydrogen-bond acceptors (Lipinski definition) is 5. The van der Waals surface area contributed by atoms with Gasteiger partial charge in [0, 0.05) is 50.7 Å². The van der Waals surface area contributed by atoms with Crippen LogP contribution in [0.4, 0.5) is 0 Å². The van der Waals surface area contributed by atoms with Gasteiger partial charge in [-0.25, -0.2) is 8.42 Å². The van der Waals surface area contributed by atoms with Crippen LogP contribution >= 0.6 is 0 Å². The smallest absolute Gasteiger partial charge is 0.253 e. The molecule has 2 fully saturated rings. The molecule has 166 valence electrons. The Labute approximate surface area is 178 Å². The molecule has 2 aliphatic rings. The van der Waals surface area contributed by atoms with Crippen molar-refractivity contribution in [3.8, 4) is 0 Å². The molecule has 3 rings (SSSR count). The Kier molecular flexibility index (Phi) is 7.49. The van der Waals surface area contributed by atoms with Crippen LogP contribution < -0.4 is 0 Å².